The normalized spacial score (nSPS) is 10.9. The minimum absolute atomic E-state index is 0.242. The molecule has 1 amide bonds. The van der Waals surface area contributed by atoms with Gasteiger partial charge in [-0.05, 0) is 99.6 Å². The summed E-state index contributed by atoms with van der Waals surface area (Å²) in [5.41, 5.74) is 6.15. The monoisotopic (exact) mass is 630 g/mol. The smallest absolute Gasteiger partial charge is 0.271 e. The van der Waals surface area contributed by atoms with Gasteiger partial charge >= 0.3 is 0 Å². The molecule has 3 aromatic rings. The van der Waals surface area contributed by atoms with Crippen molar-refractivity contribution in [3.8, 4) is 5.75 Å². The zero-order valence-electron chi connectivity index (χ0n) is 15.5. The summed E-state index contributed by atoms with van der Waals surface area (Å²) in [5.74, 6) is 0.579. The summed E-state index contributed by atoms with van der Waals surface area (Å²) in [6.45, 7) is 2.44. The van der Waals surface area contributed by atoms with Crippen molar-refractivity contribution in [1.82, 2.24) is 5.43 Å². The van der Waals surface area contributed by atoms with Crippen LogP contribution in [0.5, 0.6) is 5.75 Å². The van der Waals surface area contributed by atoms with Crippen LogP contribution in [0.1, 0.15) is 27.0 Å². The van der Waals surface area contributed by atoms with E-state index in [0.717, 1.165) is 29.6 Å². The molecule has 1 N–H and O–H groups in total. The SMILES string of the molecule is Cc1ccc(C(=O)N/N=C/c2cc(I)c(OCc3ccc(Cl)cc3)c(I)c2)cc1. The number of rotatable bonds is 6. The zero-order chi connectivity index (χ0) is 20.8. The second kappa shape index (κ2) is 10.4. The Morgan fingerprint density at radius 2 is 1.69 bits per heavy atom. The number of benzene rings is 3. The lowest BCUT2D eigenvalue weighted by atomic mass is 10.1. The minimum Gasteiger partial charge on any atom is -0.487 e. The quantitative estimate of drug-likeness (QED) is 0.200. The van der Waals surface area contributed by atoms with Crippen LogP contribution in [0.15, 0.2) is 65.8 Å². The highest BCUT2D eigenvalue weighted by Crippen LogP contribution is 2.29. The van der Waals surface area contributed by atoms with Crippen molar-refractivity contribution in [2.75, 3.05) is 0 Å². The third kappa shape index (κ3) is 6.42. The van der Waals surface area contributed by atoms with Gasteiger partial charge < -0.3 is 4.74 Å². The standard InChI is InChI=1S/C22H17ClI2N2O2/c1-14-2-6-17(7-3-14)22(28)27-26-12-16-10-19(24)21(20(25)11-16)29-13-15-4-8-18(23)9-5-15/h2-12H,13H2,1H3,(H,27,28)/b26-12+. The summed E-state index contributed by atoms with van der Waals surface area (Å²) < 4.78 is 7.92. The molecule has 0 radical (unpaired) electrons. The molecule has 0 bridgehead atoms. The Morgan fingerprint density at radius 3 is 2.31 bits per heavy atom. The number of hydrogen-bond acceptors (Lipinski definition) is 3. The van der Waals surface area contributed by atoms with Gasteiger partial charge in [-0.1, -0.05) is 41.4 Å². The Balaban J connectivity index is 1.63. The first-order chi connectivity index (χ1) is 13.9. The molecule has 3 aromatic carbocycles. The van der Waals surface area contributed by atoms with Crippen molar-refractivity contribution in [1.29, 1.82) is 0 Å². The van der Waals surface area contributed by atoms with E-state index < -0.39 is 0 Å². The second-order valence-electron chi connectivity index (χ2n) is 6.29. The first-order valence-corrected chi connectivity index (χ1v) is 11.2. The van der Waals surface area contributed by atoms with Gasteiger partial charge in [-0.25, -0.2) is 5.43 Å². The van der Waals surface area contributed by atoms with E-state index in [2.05, 4.69) is 55.7 Å². The lowest BCUT2D eigenvalue weighted by Gasteiger charge is -2.11. The van der Waals surface area contributed by atoms with Crippen LogP contribution < -0.4 is 10.2 Å². The van der Waals surface area contributed by atoms with Crippen LogP contribution in [0.2, 0.25) is 5.02 Å². The summed E-state index contributed by atoms with van der Waals surface area (Å²) in [5, 5.41) is 4.77. The molecule has 7 heteroatoms. The van der Waals surface area contributed by atoms with Crippen molar-refractivity contribution < 1.29 is 9.53 Å². The summed E-state index contributed by atoms with van der Waals surface area (Å²) in [4.78, 5) is 12.1. The lowest BCUT2D eigenvalue weighted by molar-refractivity contribution is 0.0955. The highest BCUT2D eigenvalue weighted by molar-refractivity contribution is 14.1. The number of carbonyl (C=O) groups excluding carboxylic acids is 1. The van der Waals surface area contributed by atoms with E-state index in [0.29, 0.717) is 17.2 Å². The van der Waals surface area contributed by atoms with Crippen LogP contribution in [0.4, 0.5) is 0 Å². The summed E-state index contributed by atoms with van der Waals surface area (Å²) in [7, 11) is 0. The molecule has 3 rings (SSSR count). The van der Waals surface area contributed by atoms with Crippen molar-refractivity contribution in [2.45, 2.75) is 13.5 Å². The number of hydrogen-bond donors (Lipinski definition) is 1. The number of nitrogens with one attached hydrogen (secondary N) is 1. The molecule has 0 aliphatic rings. The molecule has 148 valence electrons. The number of carbonyl (C=O) groups is 1. The zero-order valence-corrected chi connectivity index (χ0v) is 20.5. The van der Waals surface area contributed by atoms with E-state index in [4.69, 9.17) is 16.3 Å². The first-order valence-electron chi connectivity index (χ1n) is 8.69. The van der Waals surface area contributed by atoms with Crippen LogP contribution in [-0.4, -0.2) is 12.1 Å². The number of hydrazone groups is 1. The molecular weight excluding hydrogens is 614 g/mol. The van der Waals surface area contributed by atoms with E-state index in [9.17, 15) is 4.79 Å². The van der Waals surface area contributed by atoms with Gasteiger partial charge in [0.25, 0.3) is 5.91 Å². The lowest BCUT2D eigenvalue weighted by Crippen LogP contribution is -2.17. The van der Waals surface area contributed by atoms with Crippen LogP contribution >= 0.6 is 56.8 Å². The fraction of sp³-hybridized carbons (Fsp3) is 0.0909. The topological polar surface area (TPSA) is 50.7 Å². The van der Waals surface area contributed by atoms with E-state index in [-0.39, 0.29) is 5.91 Å². The largest absolute Gasteiger partial charge is 0.487 e. The first kappa shape index (κ1) is 22.0. The average molecular weight is 631 g/mol. The molecular formula is C22H17ClI2N2O2. The van der Waals surface area contributed by atoms with Crippen molar-refractivity contribution in [3.05, 3.63) is 95.1 Å². The van der Waals surface area contributed by atoms with E-state index in [1.54, 1.807) is 18.3 Å². The number of aryl methyl sites for hydroxylation is 1. The Bertz CT molecular complexity index is 1010. The maximum atomic E-state index is 12.1. The molecule has 0 aromatic heterocycles. The average Bonchev–Trinajstić information content (AvgIpc) is 2.69. The molecule has 0 saturated heterocycles. The Labute approximate surface area is 202 Å². The maximum absolute atomic E-state index is 12.1. The highest BCUT2D eigenvalue weighted by Gasteiger charge is 2.09. The van der Waals surface area contributed by atoms with E-state index >= 15 is 0 Å². The molecule has 0 atom stereocenters. The maximum Gasteiger partial charge on any atom is 0.271 e. The molecule has 0 unspecified atom stereocenters. The number of nitrogens with zero attached hydrogens (tertiary/aromatic N) is 1. The fourth-order valence-corrected chi connectivity index (χ4v) is 4.72. The van der Waals surface area contributed by atoms with Gasteiger partial charge in [0, 0.05) is 10.6 Å². The van der Waals surface area contributed by atoms with Crippen molar-refractivity contribution >= 4 is 68.9 Å². The van der Waals surface area contributed by atoms with Gasteiger partial charge in [0.1, 0.15) is 12.4 Å². The summed E-state index contributed by atoms with van der Waals surface area (Å²) >= 11 is 10.4. The van der Waals surface area contributed by atoms with Gasteiger partial charge in [0.2, 0.25) is 0 Å². The van der Waals surface area contributed by atoms with Gasteiger partial charge in [0.15, 0.2) is 0 Å². The van der Waals surface area contributed by atoms with Crippen LogP contribution in [0, 0.1) is 14.1 Å². The van der Waals surface area contributed by atoms with Gasteiger partial charge in [-0.15, -0.1) is 0 Å². The molecule has 0 spiro atoms. The minimum atomic E-state index is -0.242. The van der Waals surface area contributed by atoms with Crippen molar-refractivity contribution in [3.63, 3.8) is 0 Å². The Morgan fingerprint density at radius 1 is 1.07 bits per heavy atom. The summed E-state index contributed by atoms with van der Waals surface area (Å²) in [6.07, 6.45) is 1.62. The molecule has 0 saturated carbocycles. The van der Waals surface area contributed by atoms with Crippen molar-refractivity contribution in [2.24, 2.45) is 5.10 Å². The van der Waals surface area contributed by atoms with Gasteiger partial charge in [0.05, 0.1) is 13.4 Å². The number of ether oxygens (including phenoxy) is 1. The van der Waals surface area contributed by atoms with Crippen LogP contribution in [0.25, 0.3) is 0 Å². The second-order valence-corrected chi connectivity index (χ2v) is 9.05. The third-order valence-corrected chi connectivity index (χ3v) is 5.87. The molecule has 0 aliphatic carbocycles. The van der Waals surface area contributed by atoms with Crippen LogP contribution in [-0.2, 0) is 6.61 Å². The predicted molar refractivity (Wildman–Crippen MR) is 134 cm³/mol. The third-order valence-electron chi connectivity index (χ3n) is 4.01. The Hall–Kier alpha value is -1.65. The Kier molecular flexibility index (Phi) is 7.91. The molecule has 0 aliphatic heterocycles. The van der Waals surface area contributed by atoms with Gasteiger partial charge in [-0.2, -0.15) is 5.10 Å². The van der Waals surface area contributed by atoms with E-state index in [1.807, 2.05) is 55.5 Å². The fourth-order valence-electron chi connectivity index (χ4n) is 2.46. The number of amides is 1. The number of halogens is 3. The predicted octanol–water partition coefficient (Wildman–Crippen LogP) is 6.20. The summed E-state index contributed by atoms with van der Waals surface area (Å²) in [6, 6.07) is 18.8. The molecule has 0 heterocycles. The molecule has 0 fully saturated rings. The molecule has 29 heavy (non-hydrogen) atoms. The highest BCUT2D eigenvalue weighted by atomic mass is 127. The van der Waals surface area contributed by atoms with Crippen LogP contribution in [0.3, 0.4) is 0 Å². The van der Waals surface area contributed by atoms with Gasteiger partial charge in [-0.3, -0.25) is 4.79 Å². The van der Waals surface area contributed by atoms with E-state index in [1.165, 1.54) is 0 Å². The molecule has 4 nitrogen and oxygen atoms in total.